The van der Waals surface area contributed by atoms with Gasteiger partial charge in [-0.1, -0.05) is 6.07 Å². The molecule has 2 aromatic heterocycles. The number of nitro groups is 1. The summed E-state index contributed by atoms with van der Waals surface area (Å²) < 4.78 is 1.39. The molecule has 8 heteroatoms. The van der Waals surface area contributed by atoms with E-state index in [1.54, 1.807) is 31.4 Å². The van der Waals surface area contributed by atoms with Gasteiger partial charge in [-0.25, -0.2) is 4.98 Å². The van der Waals surface area contributed by atoms with Crippen molar-refractivity contribution in [3.63, 3.8) is 0 Å². The maximum atomic E-state index is 11.3. The van der Waals surface area contributed by atoms with E-state index in [0.29, 0.717) is 5.65 Å². The molecule has 0 unspecified atom stereocenters. The molecule has 0 aliphatic carbocycles. The van der Waals surface area contributed by atoms with Crippen LogP contribution >= 0.6 is 0 Å². The number of imidazole rings is 1. The van der Waals surface area contributed by atoms with Crippen LogP contribution in [0.3, 0.4) is 0 Å². The van der Waals surface area contributed by atoms with E-state index in [1.807, 2.05) is 0 Å². The minimum Gasteiger partial charge on any atom is -0.480 e. The Balaban J connectivity index is 2.45. The summed E-state index contributed by atoms with van der Waals surface area (Å²) >= 11 is 0. The molecule has 0 fully saturated rings. The zero-order chi connectivity index (χ0) is 15.8. The van der Waals surface area contributed by atoms with E-state index in [9.17, 15) is 20.0 Å². The van der Waals surface area contributed by atoms with Crippen molar-refractivity contribution < 1.29 is 14.8 Å². The molecule has 1 N–H and O–H groups in total. The van der Waals surface area contributed by atoms with Gasteiger partial charge in [0.05, 0.1) is 12.7 Å². The van der Waals surface area contributed by atoms with Gasteiger partial charge in [-0.2, -0.15) is 4.40 Å². The fourth-order valence-corrected chi connectivity index (χ4v) is 1.92. The number of hydrogen-bond donors (Lipinski definition) is 1. The Hall–Kier alpha value is -2.48. The van der Waals surface area contributed by atoms with Crippen LogP contribution in [-0.4, -0.2) is 42.9 Å². The first-order valence-corrected chi connectivity index (χ1v) is 6.30. The van der Waals surface area contributed by atoms with Crippen molar-refractivity contribution in [1.82, 2.24) is 14.3 Å². The lowest BCUT2D eigenvalue weighted by atomic mass is 10.0. The number of fused-ring (bicyclic) bond motifs is 1. The zero-order valence-electron chi connectivity index (χ0n) is 12.0. The third-order valence-corrected chi connectivity index (χ3v) is 3.61. The number of nitrogens with zero attached hydrogens (tertiary/aromatic N) is 4. The Labute approximate surface area is 120 Å². The molecule has 2 aromatic rings. The van der Waals surface area contributed by atoms with E-state index in [2.05, 4.69) is 4.98 Å². The fourth-order valence-electron chi connectivity index (χ4n) is 1.92. The number of aromatic nitrogens is 2. The maximum absolute atomic E-state index is 11.3. The number of hydrogen-bond acceptors (Lipinski definition) is 5. The molecule has 21 heavy (non-hydrogen) atoms. The van der Waals surface area contributed by atoms with E-state index in [0.717, 1.165) is 0 Å². The Morgan fingerprint density at radius 1 is 1.52 bits per heavy atom. The lowest BCUT2D eigenvalue weighted by molar-refractivity contribution is -0.391. The van der Waals surface area contributed by atoms with Crippen molar-refractivity contribution in [2.24, 2.45) is 0 Å². The molecule has 0 radical (unpaired) electrons. The lowest BCUT2D eigenvalue weighted by Gasteiger charge is -2.30. The average molecular weight is 292 g/mol. The summed E-state index contributed by atoms with van der Waals surface area (Å²) in [6, 6.07) is 5.08. The van der Waals surface area contributed by atoms with Crippen LogP contribution in [0.25, 0.3) is 5.65 Å². The highest BCUT2D eigenvalue weighted by atomic mass is 16.6. The lowest BCUT2D eigenvalue weighted by Crippen LogP contribution is -2.47. The number of carbonyl (C=O) groups is 1. The molecule has 2 rings (SSSR count). The van der Waals surface area contributed by atoms with Crippen molar-refractivity contribution in [2.75, 3.05) is 7.05 Å². The van der Waals surface area contributed by atoms with Gasteiger partial charge in [-0.3, -0.25) is 9.69 Å². The molecule has 112 valence electrons. The highest BCUT2D eigenvalue weighted by molar-refractivity contribution is 5.77. The van der Waals surface area contributed by atoms with E-state index in [-0.39, 0.29) is 18.1 Å². The summed E-state index contributed by atoms with van der Waals surface area (Å²) in [6.07, 6.45) is 1.56. The molecule has 0 aliphatic heterocycles. The Bertz CT molecular complexity index is 707. The molecule has 0 saturated heterocycles. The van der Waals surface area contributed by atoms with E-state index < -0.39 is 16.4 Å². The first kappa shape index (κ1) is 14.9. The second-order valence-electron chi connectivity index (χ2n) is 5.29. The van der Waals surface area contributed by atoms with Crippen molar-refractivity contribution >= 4 is 17.4 Å². The molecule has 0 saturated carbocycles. The third-order valence-electron chi connectivity index (χ3n) is 3.61. The van der Waals surface area contributed by atoms with Gasteiger partial charge in [0.25, 0.3) is 0 Å². The van der Waals surface area contributed by atoms with Gasteiger partial charge in [0.15, 0.2) is 5.69 Å². The Morgan fingerprint density at radius 2 is 2.19 bits per heavy atom. The van der Waals surface area contributed by atoms with E-state index in [4.69, 9.17) is 0 Å². The van der Waals surface area contributed by atoms with Gasteiger partial charge in [0.1, 0.15) is 5.54 Å². The van der Waals surface area contributed by atoms with Crippen LogP contribution in [0.4, 0.5) is 5.82 Å². The summed E-state index contributed by atoms with van der Waals surface area (Å²) in [7, 11) is 1.60. The number of carboxylic acids is 1. The minimum absolute atomic E-state index is 0.0668. The normalized spacial score (nSPS) is 12.0. The first-order valence-electron chi connectivity index (χ1n) is 6.30. The molecule has 0 aliphatic rings. The highest BCUT2D eigenvalue weighted by Crippen LogP contribution is 2.24. The number of likely N-dealkylation sites (N-methyl/N-ethyl adjacent to an activating group) is 1. The van der Waals surface area contributed by atoms with Crippen molar-refractivity contribution in [3.05, 3.63) is 40.2 Å². The molecule has 2 heterocycles. The predicted octanol–water partition coefficient (Wildman–Crippen LogP) is 1.54. The predicted molar refractivity (Wildman–Crippen MR) is 75.0 cm³/mol. The summed E-state index contributed by atoms with van der Waals surface area (Å²) in [5, 5.41) is 20.5. The molecule has 0 atom stereocenters. The quantitative estimate of drug-likeness (QED) is 0.662. The number of rotatable bonds is 5. The van der Waals surface area contributed by atoms with Crippen LogP contribution in [0.1, 0.15) is 19.5 Å². The van der Waals surface area contributed by atoms with Gasteiger partial charge in [0.2, 0.25) is 5.65 Å². The van der Waals surface area contributed by atoms with E-state index >= 15 is 0 Å². The van der Waals surface area contributed by atoms with Crippen LogP contribution in [0.2, 0.25) is 0 Å². The molecule has 8 nitrogen and oxygen atoms in total. The number of aliphatic carboxylic acids is 1. The maximum Gasteiger partial charge on any atom is 0.352 e. The fraction of sp³-hybridized carbons (Fsp3) is 0.385. The van der Waals surface area contributed by atoms with Gasteiger partial charge in [0, 0.05) is 6.07 Å². The van der Waals surface area contributed by atoms with E-state index in [1.165, 1.54) is 23.1 Å². The number of carboxylic acid groups (broad SMARTS) is 1. The summed E-state index contributed by atoms with van der Waals surface area (Å²) in [4.78, 5) is 27.8. The molecule has 0 spiro atoms. The molecule has 0 bridgehead atoms. The van der Waals surface area contributed by atoms with Crippen LogP contribution in [0.15, 0.2) is 24.4 Å². The van der Waals surface area contributed by atoms with Gasteiger partial charge in [-0.15, -0.1) is 0 Å². The zero-order valence-corrected chi connectivity index (χ0v) is 12.0. The van der Waals surface area contributed by atoms with Crippen LogP contribution in [-0.2, 0) is 11.3 Å². The monoisotopic (exact) mass is 292 g/mol. The van der Waals surface area contributed by atoms with Gasteiger partial charge < -0.3 is 15.2 Å². The second kappa shape index (κ2) is 5.13. The van der Waals surface area contributed by atoms with Crippen LogP contribution < -0.4 is 0 Å². The second-order valence-corrected chi connectivity index (χ2v) is 5.29. The smallest absolute Gasteiger partial charge is 0.352 e. The van der Waals surface area contributed by atoms with Crippen molar-refractivity contribution in [2.45, 2.75) is 25.9 Å². The molecule has 0 amide bonds. The molecule has 0 aromatic carbocycles. The third kappa shape index (κ3) is 2.57. The minimum atomic E-state index is -1.15. The van der Waals surface area contributed by atoms with Crippen LogP contribution in [0, 0.1) is 10.1 Å². The van der Waals surface area contributed by atoms with Crippen LogP contribution in [0.5, 0.6) is 0 Å². The summed E-state index contributed by atoms with van der Waals surface area (Å²) in [5.41, 5.74) is -0.451. The van der Waals surface area contributed by atoms with Gasteiger partial charge >= 0.3 is 11.8 Å². The SMILES string of the molecule is CN(Cc1nc2ccccn2c1[N+](=O)[O-])C(C)(C)C(=O)O. The standard InChI is InChI=1S/C13H16N4O4/c1-13(2,12(18)19)15(3)8-9-11(17(20)21)16-7-5-4-6-10(16)14-9/h4-7H,8H2,1-3H3,(H,18,19). The summed E-state index contributed by atoms with van der Waals surface area (Å²) in [5.74, 6) is -1.14. The Morgan fingerprint density at radius 3 is 2.76 bits per heavy atom. The number of pyridine rings is 1. The largest absolute Gasteiger partial charge is 0.480 e. The summed E-state index contributed by atoms with van der Waals surface area (Å²) in [6.45, 7) is 3.14. The topological polar surface area (TPSA) is 101 Å². The highest BCUT2D eigenvalue weighted by Gasteiger charge is 2.34. The molecular formula is C13H16N4O4. The first-order chi connectivity index (χ1) is 9.75. The molecular weight excluding hydrogens is 276 g/mol. The van der Waals surface area contributed by atoms with Crippen molar-refractivity contribution in [1.29, 1.82) is 0 Å². The van der Waals surface area contributed by atoms with Crippen molar-refractivity contribution in [3.8, 4) is 0 Å². The Kier molecular flexibility index (Phi) is 3.65. The van der Waals surface area contributed by atoms with Gasteiger partial charge in [-0.05, 0) is 31.9 Å². The average Bonchev–Trinajstić information content (AvgIpc) is 2.76.